The Labute approximate surface area is 256 Å². The van der Waals surface area contributed by atoms with E-state index in [2.05, 4.69) is 0 Å². The van der Waals surface area contributed by atoms with Crippen molar-refractivity contribution in [1.29, 1.82) is 0 Å². The maximum absolute atomic E-state index is 13.7. The number of sulfonamides is 2. The summed E-state index contributed by atoms with van der Waals surface area (Å²) in [6.07, 6.45) is 1.34. The van der Waals surface area contributed by atoms with Crippen molar-refractivity contribution in [2.45, 2.75) is 44.1 Å². The summed E-state index contributed by atoms with van der Waals surface area (Å²) in [5.41, 5.74) is -2.23. The molecule has 2 aromatic rings. The number of aliphatic hydroxyl groups is 1. The number of halogens is 3. The first kappa shape index (κ1) is 33.3. The molecule has 0 radical (unpaired) electrons. The van der Waals surface area contributed by atoms with E-state index >= 15 is 0 Å². The maximum atomic E-state index is 13.7. The van der Waals surface area contributed by atoms with Crippen LogP contribution in [0.1, 0.15) is 37.4 Å². The van der Waals surface area contributed by atoms with Crippen molar-refractivity contribution < 1.29 is 35.1 Å². The van der Waals surface area contributed by atoms with Gasteiger partial charge in [0.1, 0.15) is 0 Å². The minimum absolute atomic E-state index is 0.0218. The average Bonchev–Trinajstić information content (AvgIpc) is 2.95. The van der Waals surface area contributed by atoms with E-state index in [1.165, 1.54) is 39.0 Å². The highest BCUT2D eigenvalue weighted by Crippen LogP contribution is 2.39. The molecule has 8 nitrogen and oxygen atoms in total. The summed E-state index contributed by atoms with van der Waals surface area (Å²) in [6.45, 7) is 2.38. The first-order chi connectivity index (χ1) is 19.9. The first-order valence-electron chi connectivity index (χ1n) is 13.5. The Bertz CT molecular complexity index is 1610. The standard InChI is InChI=1S/C29H34F3N3O5S3/c1-21(22-9-5-4-6-10-22)35(42(3,37)38)20-25-19-33(43(39,40)27-12-8-7-11-26(27)41)17-18-34(25)24-15-13-23(14-16-24)28(2,36)29(30,31)32/h4-10,12-16,21,25,36H,11,17-20H2,1-3H3/t21?,25-,28+/m1/s1. The van der Waals surface area contributed by atoms with E-state index in [0.717, 1.165) is 11.8 Å². The van der Waals surface area contributed by atoms with E-state index in [4.69, 9.17) is 12.2 Å². The van der Waals surface area contributed by atoms with Gasteiger partial charge >= 0.3 is 6.18 Å². The lowest BCUT2D eigenvalue weighted by molar-refractivity contribution is -0.258. The summed E-state index contributed by atoms with van der Waals surface area (Å²) in [5.74, 6) is 0. The van der Waals surface area contributed by atoms with Gasteiger partial charge in [0.15, 0.2) is 5.60 Å². The summed E-state index contributed by atoms with van der Waals surface area (Å²) in [5, 5.41) is 10.1. The van der Waals surface area contributed by atoms with Crippen LogP contribution in [-0.4, -0.2) is 80.1 Å². The third-order valence-electron chi connectivity index (χ3n) is 7.87. The van der Waals surface area contributed by atoms with Crippen LogP contribution in [0.2, 0.25) is 0 Å². The van der Waals surface area contributed by atoms with Gasteiger partial charge in [-0.25, -0.2) is 16.8 Å². The summed E-state index contributed by atoms with van der Waals surface area (Å²) in [7, 11) is -7.81. The molecular weight excluding hydrogens is 624 g/mol. The van der Waals surface area contributed by atoms with Gasteiger partial charge in [-0.3, -0.25) is 0 Å². The van der Waals surface area contributed by atoms with E-state index in [1.54, 1.807) is 48.2 Å². The molecule has 1 heterocycles. The Morgan fingerprint density at radius 3 is 2.23 bits per heavy atom. The Balaban J connectivity index is 1.72. The quantitative estimate of drug-likeness (QED) is 0.397. The number of rotatable bonds is 9. The highest BCUT2D eigenvalue weighted by molar-refractivity contribution is 7.96. The van der Waals surface area contributed by atoms with Crippen molar-refractivity contribution in [2.75, 3.05) is 37.3 Å². The molecule has 1 fully saturated rings. The van der Waals surface area contributed by atoms with Crippen molar-refractivity contribution >= 4 is 42.8 Å². The summed E-state index contributed by atoms with van der Waals surface area (Å²) >= 11 is 5.33. The van der Waals surface area contributed by atoms with Crippen LogP contribution >= 0.6 is 12.2 Å². The molecule has 14 heteroatoms. The van der Waals surface area contributed by atoms with Crippen molar-refractivity contribution in [3.63, 3.8) is 0 Å². The third kappa shape index (κ3) is 7.04. The van der Waals surface area contributed by atoms with E-state index in [-0.39, 0.29) is 41.5 Å². The molecule has 0 amide bonds. The molecule has 43 heavy (non-hydrogen) atoms. The number of nitrogens with zero attached hydrogens (tertiary/aromatic N) is 3. The molecule has 0 saturated carbocycles. The van der Waals surface area contributed by atoms with Gasteiger partial charge < -0.3 is 10.0 Å². The van der Waals surface area contributed by atoms with Crippen LogP contribution in [-0.2, 0) is 25.6 Å². The van der Waals surface area contributed by atoms with Crippen LogP contribution in [0.25, 0.3) is 0 Å². The van der Waals surface area contributed by atoms with Gasteiger partial charge in [-0.1, -0.05) is 66.8 Å². The second-order valence-electron chi connectivity index (χ2n) is 10.8. The lowest BCUT2D eigenvalue weighted by Crippen LogP contribution is -2.59. The Kier molecular flexibility index (Phi) is 9.60. The zero-order valence-corrected chi connectivity index (χ0v) is 26.3. The Hall–Kier alpha value is -2.62. The number of allylic oxidation sites excluding steroid dienone is 4. The Morgan fingerprint density at radius 1 is 1.05 bits per heavy atom. The van der Waals surface area contributed by atoms with Gasteiger partial charge in [0.05, 0.1) is 17.2 Å². The number of piperazine rings is 1. The lowest BCUT2D eigenvalue weighted by atomic mass is 9.95. The summed E-state index contributed by atoms with van der Waals surface area (Å²) < 4.78 is 96.4. The molecule has 2 aliphatic rings. The highest BCUT2D eigenvalue weighted by Gasteiger charge is 2.51. The number of hydrogen-bond donors (Lipinski definition) is 1. The van der Waals surface area contributed by atoms with Crippen molar-refractivity contribution in [2.24, 2.45) is 0 Å². The molecule has 1 aliphatic heterocycles. The van der Waals surface area contributed by atoms with Crippen molar-refractivity contribution in [3.05, 3.63) is 88.9 Å². The number of thiocarbonyl (C=S) groups is 1. The smallest absolute Gasteiger partial charge is 0.376 e. The fourth-order valence-electron chi connectivity index (χ4n) is 5.26. The minimum atomic E-state index is -4.90. The molecule has 0 aromatic heterocycles. The molecule has 0 bridgehead atoms. The van der Waals surface area contributed by atoms with Gasteiger partial charge in [-0.05, 0) is 43.2 Å². The fourth-order valence-corrected chi connectivity index (χ4v) is 8.47. The molecule has 0 spiro atoms. The predicted molar refractivity (Wildman–Crippen MR) is 165 cm³/mol. The monoisotopic (exact) mass is 657 g/mol. The number of hydrogen-bond acceptors (Lipinski definition) is 7. The lowest BCUT2D eigenvalue weighted by Gasteiger charge is -2.44. The minimum Gasteiger partial charge on any atom is -0.376 e. The van der Waals surface area contributed by atoms with Crippen LogP contribution in [0.5, 0.6) is 0 Å². The van der Waals surface area contributed by atoms with Gasteiger partial charge in [-0.15, -0.1) is 0 Å². The predicted octanol–water partition coefficient (Wildman–Crippen LogP) is 4.51. The second kappa shape index (κ2) is 12.4. The average molecular weight is 658 g/mol. The van der Waals surface area contributed by atoms with Crippen LogP contribution in [0.3, 0.4) is 0 Å². The summed E-state index contributed by atoms with van der Waals surface area (Å²) in [6, 6.07) is 12.9. The van der Waals surface area contributed by atoms with Crippen LogP contribution < -0.4 is 4.90 Å². The normalized spacial score (nSPS) is 21.0. The van der Waals surface area contributed by atoms with Crippen LogP contribution in [0.4, 0.5) is 18.9 Å². The van der Waals surface area contributed by atoms with Gasteiger partial charge in [0.2, 0.25) is 20.0 Å². The molecule has 1 aliphatic carbocycles. The van der Waals surface area contributed by atoms with E-state index < -0.39 is 43.9 Å². The summed E-state index contributed by atoms with van der Waals surface area (Å²) in [4.78, 5) is 2.10. The number of anilines is 1. The zero-order valence-electron chi connectivity index (χ0n) is 23.9. The van der Waals surface area contributed by atoms with Crippen molar-refractivity contribution in [1.82, 2.24) is 8.61 Å². The van der Waals surface area contributed by atoms with E-state index in [9.17, 15) is 35.1 Å². The third-order valence-corrected chi connectivity index (χ3v) is 11.7. The van der Waals surface area contributed by atoms with Gasteiger partial charge in [0.25, 0.3) is 0 Å². The molecule has 4 rings (SSSR count). The highest BCUT2D eigenvalue weighted by atomic mass is 32.2. The number of alkyl halides is 3. The topological polar surface area (TPSA) is 98.2 Å². The molecule has 3 atom stereocenters. The van der Waals surface area contributed by atoms with Crippen molar-refractivity contribution in [3.8, 4) is 0 Å². The molecule has 1 N–H and O–H groups in total. The van der Waals surface area contributed by atoms with E-state index in [1.807, 2.05) is 6.07 Å². The second-order valence-corrected chi connectivity index (χ2v) is 15.2. The molecule has 1 saturated heterocycles. The molecule has 234 valence electrons. The van der Waals surface area contributed by atoms with Crippen LogP contribution in [0.15, 0.2) is 77.7 Å². The molecular formula is C29H34F3N3O5S3. The molecule has 2 aromatic carbocycles. The Morgan fingerprint density at radius 2 is 1.67 bits per heavy atom. The van der Waals surface area contributed by atoms with E-state index in [0.29, 0.717) is 19.0 Å². The molecule has 1 unspecified atom stereocenters. The van der Waals surface area contributed by atoms with Crippen LogP contribution in [0, 0.1) is 0 Å². The SMILES string of the molecule is CC(c1ccccc1)N(C[C@H]1CN(S(=O)(=O)C2=CC=CCC2=S)CCN1c1ccc([C@](C)(O)C(F)(F)F)cc1)S(C)(=O)=O. The maximum Gasteiger partial charge on any atom is 0.421 e. The fraction of sp³-hybridized carbons (Fsp3) is 0.414. The number of benzene rings is 2. The first-order valence-corrected chi connectivity index (χ1v) is 17.2. The van der Waals surface area contributed by atoms with Gasteiger partial charge in [-0.2, -0.15) is 21.8 Å². The largest absolute Gasteiger partial charge is 0.421 e. The van der Waals surface area contributed by atoms with Gasteiger partial charge in [0, 0.05) is 49.2 Å². The zero-order chi connectivity index (χ0) is 31.8.